The number of aromatic carboxylic acids is 1. The van der Waals surface area contributed by atoms with Gasteiger partial charge in [0.25, 0.3) is 5.91 Å². The molecule has 1 saturated heterocycles. The average molecular weight is 345 g/mol. The van der Waals surface area contributed by atoms with Crippen molar-refractivity contribution in [3.8, 4) is 5.75 Å². The molecule has 0 spiro atoms. The first kappa shape index (κ1) is 17.0. The second-order valence-corrected chi connectivity index (χ2v) is 5.72. The molecule has 25 heavy (non-hydrogen) atoms. The molecule has 1 atom stereocenters. The second kappa shape index (κ2) is 7.85. The average Bonchev–Trinajstić information content (AvgIpc) is 3.12. The van der Waals surface area contributed by atoms with Crippen LogP contribution < -0.4 is 10.1 Å². The van der Waals surface area contributed by atoms with Gasteiger partial charge in [-0.3, -0.25) is 4.79 Å². The van der Waals surface area contributed by atoms with Crippen molar-refractivity contribution >= 4 is 17.6 Å². The molecule has 7 heteroatoms. The lowest BCUT2D eigenvalue weighted by Crippen LogP contribution is -2.26. The zero-order valence-corrected chi connectivity index (χ0v) is 13.6. The molecule has 0 aliphatic carbocycles. The molecule has 2 N–H and O–H groups in total. The van der Waals surface area contributed by atoms with Gasteiger partial charge in [0.05, 0.1) is 11.8 Å². The van der Waals surface area contributed by atoms with Gasteiger partial charge in [-0.1, -0.05) is 12.1 Å². The summed E-state index contributed by atoms with van der Waals surface area (Å²) in [4.78, 5) is 23.1. The minimum absolute atomic E-state index is 0.0562. The molecule has 1 fully saturated rings. The quantitative estimate of drug-likeness (QED) is 0.834. The van der Waals surface area contributed by atoms with E-state index in [2.05, 4.69) is 5.32 Å². The van der Waals surface area contributed by atoms with Crippen LogP contribution in [0.1, 0.15) is 40.4 Å². The van der Waals surface area contributed by atoms with Crippen LogP contribution >= 0.6 is 0 Å². The van der Waals surface area contributed by atoms with Crippen molar-refractivity contribution < 1.29 is 28.6 Å². The van der Waals surface area contributed by atoms with Gasteiger partial charge in [-0.15, -0.1) is 0 Å². The van der Waals surface area contributed by atoms with Gasteiger partial charge >= 0.3 is 5.97 Å². The third-order valence-electron chi connectivity index (χ3n) is 3.87. The predicted octanol–water partition coefficient (Wildman–Crippen LogP) is 3.18. The second-order valence-electron chi connectivity index (χ2n) is 5.72. The smallest absolute Gasteiger partial charge is 0.371 e. The molecule has 1 aliphatic rings. The summed E-state index contributed by atoms with van der Waals surface area (Å²) in [5.41, 5.74) is 0.483. The third kappa shape index (κ3) is 4.39. The summed E-state index contributed by atoms with van der Waals surface area (Å²) in [5.74, 6) is -1.62. The third-order valence-corrected chi connectivity index (χ3v) is 3.87. The van der Waals surface area contributed by atoms with Crippen LogP contribution in [0.3, 0.4) is 0 Å². The highest BCUT2D eigenvalue weighted by molar-refractivity contribution is 6.03. The minimum atomic E-state index is -1.23. The molecule has 0 radical (unpaired) electrons. The molecule has 132 valence electrons. The van der Waals surface area contributed by atoms with Crippen LogP contribution in [0.25, 0.3) is 0 Å². The van der Waals surface area contributed by atoms with Crippen molar-refractivity contribution in [3.63, 3.8) is 0 Å². The fourth-order valence-corrected chi connectivity index (χ4v) is 2.58. The zero-order valence-electron chi connectivity index (χ0n) is 13.6. The van der Waals surface area contributed by atoms with E-state index in [4.69, 9.17) is 19.0 Å². The molecular formula is C18H19NO6. The Morgan fingerprint density at radius 3 is 2.68 bits per heavy atom. The van der Waals surface area contributed by atoms with Crippen LogP contribution in [0.15, 0.2) is 40.8 Å². The molecular weight excluding hydrogens is 326 g/mol. The number of ether oxygens (including phenoxy) is 2. The van der Waals surface area contributed by atoms with Gasteiger partial charge in [0.1, 0.15) is 12.4 Å². The maximum absolute atomic E-state index is 12.2. The highest BCUT2D eigenvalue weighted by Gasteiger charge is 2.18. The molecule has 0 bridgehead atoms. The van der Waals surface area contributed by atoms with Crippen molar-refractivity contribution in [2.75, 3.05) is 18.5 Å². The van der Waals surface area contributed by atoms with Gasteiger partial charge in [0.2, 0.25) is 5.76 Å². The maximum Gasteiger partial charge on any atom is 0.371 e. The first-order valence-electron chi connectivity index (χ1n) is 8.11. The van der Waals surface area contributed by atoms with Crippen molar-refractivity contribution in [1.29, 1.82) is 0 Å². The van der Waals surface area contributed by atoms with E-state index in [1.165, 1.54) is 12.1 Å². The maximum atomic E-state index is 12.2. The topological polar surface area (TPSA) is 98.0 Å². The van der Waals surface area contributed by atoms with Crippen molar-refractivity contribution in [2.24, 2.45) is 0 Å². The number of furan rings is 1. The number of carboxylic acid groups (broad SMARTS) is 1. The van der Waals surface area contributed by atoms with Crippen molar-refractivity contribution in [1.82, 2.24) is 0 Å². The standard InChI is InChI=1S/C18H19NO6/c20-17(15-8-9-16(25-15)18(21)22)19-13-6-1-2-7-14(13)24-11-12-5-3-4-10-23-12/h1-2,6-9,12H,3-5,10-11H2,(H,19,20)(H,21,22). The van der Waals surface area contributed by atoms with Gasteiger partial charge in [0.15, 0.2) is 5.76 Å². The van der Waals surface area contributed by atoms with Crippen LogP contribution in [0.4, 0.5) is 5.69 Å². The first-order valence-corrected chi connectivity index (χ1v) is 8.11. The minimum Gasteiger partial charge on any atom is -0.489 e. The number of hydrogen-bond acceptors (Lipinski definition) is 5. The number of carbonyl (C=O) groups is 2. The number of nitrogens with one attached hydrogen (secondary N) is 1. The largest absolute Gasteiger partial charge is 0.489 e. The SMILES string of the molecule is O=C(O)c1ccc(C(=O)Nc2ccccc2OCC2CCCCO2)o1. The van der Waals surface area contributed by atoms with E-state index in [0.717, 1.165) is 25.9 Å². The van der Waals surface area contributed by atoms with Crippen molar-refractivity contribution in [2.45, 2.75) is 25.4 Å². The molecule has 0 saturated carbocycles. The Morgan fingerprint density at radius 1 is 1.16 bits per heavy atom. The highest BCUT2D eigenvalue weighted by atomic mass is 16.5. The van der Waals surface area contributed by atoms with Gasteiger partial charge in [-0.25, -0.2) is 4.79 Å². The number of amides is 1. The summed E-state index contributed by atoms with van der Waals surface area (Å²) < 4.78 is 16.4. The monoisotopic (exact) mass is 345 g/mol. The molecule has 2 aromatic rings. The Balaban J connectivity index is 1.65. The Hall–Kier alpha value is -2.80. The molecule has 7 nitrogen and oxygen atoms in total. The fourth-order valence-electron chi connectivity index (χ4n) is 2.58. The van der Waals surface area contributed by atoms with Crippen LogP contribution in [-0.2, 0) is 4.74 Å². The number of anilines is 1. The zero-order chi connectivity index (χ0) is 17.6. The number of carbonyl (C=O) groups excluding carboxylic acids is 1. The van der Waals surface area contributed by atoms with E-state index in [0.29, 0.717) is 18.0 Å². The summed E-state index contributed by atoms with van der Waals surface area (Å²) in [6.07, 6.45) is 3.21. The molecule has 3 rings (SSSR count). The van der Waals surface area contributed by atoms with Gasteiger partial charge in [-0.05, 0) is 43.5 Å². The molecule has 1 unspecified atom stereocenters. The Labute approximate surface area is 144 Å². The summed E-state index contributed by atoms with van der Waals surface area (Å²) >= 11 is 0. The number of carboxylic acids is 1. The number of benzene rings is 1. The van der Waals surface area contributed by atoms with E-state index in [1.54, 1.807) is 18.2 Å². The Morgan fingerprint density at radius 2 is 1.96 bits per heavy atom. The lowest BCUT2D eigenvalue weighted by molar-refractivity contribution is -0.0109. The summed E-state index contributed by atoms with van der Waals surface area (Å²) in [7, 11) is 0. The summed E-state index contributed by atoms with van der Waals surface area (Å²) in [6.45, 7) is 1.16. The van der Waals surface area contributed by atoms with E-state index in [-0.39, 0.29) is 17.6 Å². The Bertz CT molecular complexity index is 748. The summed E-state index contributed by atoms with van der Waals surface area (Å²) in [6, 6.07) is 9.59. The van der Waals surface area contributed by atoms with Crippen molar-refractivity contribution in [3.05, 3.63) is 47.9 Å². The van der Waals surface area contributed by atoms with Crippen LogP contribution in [-0.4, -0.2) is 36.3 Å². The van der Waals surface area contributed by atoms with E-state index >= 15 is 0 Å². The van der Waals surface area contributed by atoms with Gasteiger partial charge in [-0.2, -0.15) is 0 Å². The van der Waals surface area contributed by atoms with Gasteiger partial charge in [0, 0.05) is 6.61 Å². The lowest BCUT2D eigenvalue weighted by atomic mass is 10.1. The summed E-state index contributed by atoms with van der Waals surface area (Å²) in [5, 5.41) is 11.5. The predicted molar refractivity (Wildman–Crippen MR) is 89.1 cm³/mol. The number of hydrogen-bond donors (Lipinski definition) is 2. The molecule has 1 aliphatic heterocycles. The van der Waals surface area contributed by atoms with E-state index < -0.39 is 11.9 Å². The molecule has 2 heterocycles. The van der Waals surface area contributed by atoms with Crippen LogP contribution in [0, 0.1) is 0 Å². The Kier molecular flexibility index (Phi) is 5.35. The first-order chi connectivity index (χ1) is 12.1. The molecule has 1 aromatic carbocycles. The fraction of sp³-hybridized carbons (Fsp3) is 0.333. The number of rotatable bonds is 6. The van der Waals surface area contributed by atoms with Crippen LogP contribution in [0.5, 0.6) is 5.75 Å². The van der Waals surface area contributed by atoms with Crippen LogP contribution in [0.2, 0.25) is 0 Å². The molecule has 1 aromatic heterocycles. The van der Waals surface area contributed by atoms with E-state index in [1.807, 2.05) is 6.07 Å². The number of para-hydroxylation sites is 2. The highest BCUT2D eigenvalue weighted by Crippen LogP contribution is 2.26. The van der Waals surface area contributed by atoms with E-state index in [9.17, 15) is 9.59 Å². The normalized spacial score (nSPS) is 17.0. The van der Waals surface area contributed by atoms with Gasteiger partial charge < -0.3 is 24.3 Å². The lowest BCUT2D eigenvalue weighted by Gasteiger charge is -2.23. The molecule has 1 amide bonds.